The molecule has 140 valence electrons. The fourth-order valence-corrected chi connectivity index (χ4v) is 3.41. The van der Waals surface area contributed by atoms with Crippen molar-refractivity contribution >= 4 is 5.97 Å². The predicted octanol–water partition coefficient (Wildman–Crippen LogP) is 3.20. The van der Waals surface area contributed by atoms with Crippen LogP contribution in [0.2, 0.25) is 0 Å². The normalized spacial score (nSPS) is 23.4. The van der Waals surface area contributed by atoms with Gasteiger partial charge in [0.25, 0.3) is 5.54 Å². The molecule has 6 heteroatoms. The molecule has 0 saturated carbocycles. The van der Waals surface area contributed by atoms with Crippen LogP contribution in [0.4, 0.5) is 0 Å². The van der Waals surface area contributed by atoms with Gasteiger partial charge in [-0.3, -0.25) is 4.79 Å². The molecule has 1 aromatic rings. The van der Waals surface area contributed by atoms with Crippen molar-refractivity contribution in [2.24, 2.45) is 5.92 Å². The molecule has 2 rings (SSSR count). The summed E-state index contributed by atoms with van der Waals surface area (Å²) >= 11 is 0. The number of rotatable bonds is 6. The van der Waals surface area contributed by atoms with Crippen molar-refractivity contribution in [1.82, 2.24) is 0 Å². The van der Waals surface area contributed by atoms with Crippen molar-refractivity contribution in [3.05, 3.63) is 77.1 Å². The topological polar surface area (TPSA) is 64.5 Å². The van der Waals surface area contributed by atoms with E-state index in [2.05, 4.69) is 16.3 Å². The number of aliphatic hydroxyl groups excluding tert-OH is 1. The molecule has 0 aliphatic heterocycles. The lowest BCUT2D eigenvalue weighted by atomic mass is 9.70. The molecule has 27 heavy (non-hydrogen) atoms. The highest BCUT2D eigenvalue weighted by atomic mass is 16.5. The Morgan fingerprint density at radius 1 is 1.33 bits per heavy atom. The third kappa shape index (κ3) is 4.36. The Morgan fingerprint density at radius 2 is 2.00 bits per heavy atom. The standard InChI is InChI=1S/C21H22N2O4/c1-14(22-3)21(23-4,13-16-6-9-18(26-5)10-7-16)19-12-17(25)8-11-20(19)27-15(2)24/h6-11,17,19-20,25H,1,12-13H2,2,5H3/t17-,19-,20-,21?/m0/s1. The quantitative estimate of drug-likeness (QED) is 0.477. The van der Waals surface area contributed by atoms with Crippen molar-refractivity contribution in [2.45, 2.75) is 37.5 Å². The van der Waals surface area contributed by atoms with Crippen LogP contribution in [0.3, 0.4) is 0 Å². The van der Waals surface area contributed by atoms with Gasteiger partial charge in [-0.2, -0.15) is 0 Å². The maximum Gasteiger partial charge on any atom is 0.303 e. The van der Waals surface area contributed by atoms with Gasteiger partial charge in [-0.1, -0.05) is 24.8 Å². The monoisotopic (exact) mass is 366 g/mol. The van der Waals surface area contributed by atoms with Crippen molar-refractivity contribution in [2.75, 3.05) is 7.11 Å². The number of hydrogen-bond donors (Lipinski definition) is 1. The van der Waals surface area contributed by atoms with Crippen LogP contribution in [0.25, 0.3) is 9.69 Å². The molecule has 1 N–H and O–H groups in total. The number of methoxy groups -OCH3 is 1. The lowest BCUT2D eigenvalue weighted by Gasteiger charge is -2.36. The number of nitrogens with zero attached hydrogens (tertiary/aromatic N) is 2. The number of carbonyl (C=O) groups excluding carboxylic acids is 1. The van der Waals surface area contributed by atoms with E-state index in [1.54, 1.807) is 31.4 Å². The van der Waals surface area contributed by atoms with Crippen molar-refractivity contribution in [3.63, 3.8) is 0 Å². The zero-order chi connectivity index (χ0) is 20.0. The van der Waals surface area contributed by atoms with Gasteiger partial charge in [0.1, 0.15) is 11.9 Å². The Labute approximate surface area is 159 Å². The molecule has 1 aliphatic rings. The summed E-state index contributed by atoms with van der Waals surface area (Å²) in [6.07, 6.45) is 2.05. The smallest absolute Gasteiger partial charge is 0.303 e. The zero-order valence-electron chi connectivity index (χ0n) is 15.4. The van der Waals surface area contributed by atoms with Crippen molar-refractivity contribution in [3.8, 4) is 5.75 Å². The Hall–Kier alpha value is -3.09. The number of carbonyl (C=O) groups is 1. The molecule has 1 aromatic carbocycles. The molecule has 0 fully saturated rings. The molecule has 0 aromatic heterocycles. The number of hydrogen-bond acceptors (Lipinski definition) is 4. The maximum absolute atomic E-state index is 11.5. The van der Waals surface area contributed by atoms with E-state index in [9.17, 15) is 9.90 Å². The van der Waals surface area contributed by atoms with Crippen LogP contribution in [-0.4, -0.2) is 35.9 Å². The summed E-state index contributed by atoms with van der Waals surface area (Å²) in [5, 5.41) is 10.1. The SMILES string of the molecule is [C-]#[N+]C(=C)C(Cc1ccc(OC)cc1)([N+]#[C-])[C@H]1C[C@@H](O)C=C[C@@H]1OC(C)=O. The molecular formula is C21H22N2O4. The van der Waals surface area contributed by atoms with E-state index in [0.717, 1.165) is 5.56 Å². The Bertz CT molecular complexity index is 816. The molecule has 1 aliphatic carbocycles. The molecule has 0 spiro atoms. The highest BCUT2D eigenvalue weighted by Crippen LogP contribution is 2.42. The molecule has 0 radical (unpaired) electrons. The first-order valence-corrected chi connectivity index (χ1v) is 8.48. The van der Waals surface area contributed by atoms with Gasteiger partial charge < -0.3 is 19.4 Å². The molecule has 4 atom stereocenters. The lowest BCUT2D eigenvalue weighted by molar-refractivity contribution is -0.148. The molecule has 0 heterocycles. The van der Waals surface area contributed by atoms with Crippen molar-refractivity contribution < 1.29 is 19.4 Å². The molecule has 1 unspecified atom stereocenters. The van der Waals surface area contributed by atoms with Crippen LogP contribution in [0, 0.1) is 19.1 Å². The van der Waals surface area contributed by atoms with Gasteiger partial charge in [-0.05, 0) is 30.2 Å². The average Bonchev–Trinajstić information content (AvgIpc) is 2.67. The number of esters is 1. The van der Waals surface area contributed by atoms with E-state index in [-0.39, 0.29) is 18.5 Å². The molecule has 0 bridgehead atoms. The minimum Gasteiger partial charge on any atom is -0.497 e. The summed E-state index contributed by atoms with van der Waals surface area (Å²) in [7, 11) is 1.57. The summed E-state index contributed by atoms with van der Waals surface area (Å²) in [5.41, 5.74) is -0.442. The van der Waals surface area contributed by atoms with Crippen LogP contribution in [0.15, 0.2) is 48.7 Å². The van der Waals surface area contributed by atoms with Crippen molar-refractivity contribution in [1.29, 1.82) is 0 Å². The minimum absolute atomic E-state index is 0.0676. The van der Waals surface area contributed by atoms with E-state index in [4.69, 9.17) is 22.6 Å². The second-order valence-electron chi connectivity index (χ2n) is 6.49. The van der Waals surface area contributed by atoms with E-state index in [1.807, 2.05) is 12.1 Å². The van der Waals surface area contributed by atoms with Gasteiger partial charge in [-0.25, -0.2) is 11.4 Å². The Balaban J connectivity index is 2.49. The Morgan fingerprint density at radius 3 is 2.52 bits per heavy atom. The fourth-order valence-electron chi connectivity index (χ4n) is 3.41. The number of benzene rings is 1. The van der Waals surface area contributed by atoms with E-state index in [1.165, 1.54) is 6.92 Å². The third-order valence-corrected chi connectivity index (χ3v) is 4.80. The van der Waals surface area contributed by atoms with E-state index in [0.29, 0.717) is 5.75 Å². The van der Waals surface area contributed by atoms with Crippen LogP contribution >= 0.6 is 0 Å². The zero-order valence-corrected chi connectivity index (χ0v) is 15.4. The van der Waals surface area contributed by atoms with Gasteiger partial charge >= 0.3 is 5.97 Å². The van der Waals surface area contributed by atoms with Gasteiger partial charge in [0.15, 0.2) is 0 Å². The summed E-state index contributed by atoms with van der Waals surface area (Å²) in [5.74, 6) is -0.393. The summed E-state index contributed by atoms with van der Waals surface area (Å²) in [4.78, 5) is 18.8. The Kier molecular flexibility index (Phi) is 6.39. The average molecular weight is 366 g/mol. The number of ether oxygens (including phenoxy) is 2. The molecule has 0 saturated heterocycles. The van der Waals surface area contributed by atoms with E-state index < -0.39 is 29.6 Å². The van der Waals surface area contributed by atoms with Gasteiger partial charge in [0, 0.05) is 13.3 Å². The second-order valence-corrected chi connectivity index (χ2v) is 6.49. The summed E-state index contributed by atoms with van der Waals surface area (Å²) in [6, 6.07) is 7.21. The fraction of sp³-hybridized carbons (Fsp3) is 0.381. The second kappa shape index (κ2) is 8.53. The lowest BCUT2D eigenvalue weighted by Crippen LogP contribution is -2.48. The number of aliphatic hydroxyl groups is 1. The van der Waals surface area contributed by atoms with Gasteiger partial charge in [0.2, 0.25) is 5.70 Å². The highest BCUT2D eigenvalue weighted by Gasteiger charge is 2.54. The predicted molar refractivity (Wildman–Crippen MR) is 101 cm³/mol. The summed E-state index contributed by atoms with van der Waals surface area (Å²) < 4.78 is 10.5. The summed E-state index contributed by atoms with van der Waals surface area (Å²) in [6.45, 7) is 20.5. The third-order valence-electron chi connectivity index (χ3n) is 4.80. The van der Waals surface area contributed by atoms with Gasteiger partial charge in [0.05, 0.1) is 25.7 Å². The van der Waals surface area contributed by atoms with Crippen LogP contribution in [0.5, 0.6) is 5.75 Å². The van der Waals surface area contributed by atoms with Crippen LogP contribution < -0.4 is 4.74 Å². The largest absolute Gasteiger partial charge is 0.497 e. The van der Waals surface area contributed by atoms with Gasteiger partial charge in [-0.15, -0.1) is 0 Å². The first kappa shape index (κ1) is 20.2. The molecule has 6 nitrogen and oxygen atoms in total. The maximum atomic E-state index is 11.5. The molecule has 0 amide bonds. The first-order valence-electron chi connectivity index (χ1n) is 8.48. The van der Waals surface area contributed by atoms with E-state index >= 15 is 0 Å². The van der Waals surface area contributed by atoms with Crippen LogP contribution in [0.1, 0.15) is 18.9 Å². The first-order chi connectivity index (χ1) is 12.9. The highest BCUT2D eigenvalue weighted by molar-refractivity contribution is 5.66. The van der Waals surface area contributed by atoms with Crippen LogP contribution in [-0.2, 0) is 16.0 Å². The molecular weight excluding hydrogens is 344 g/mol. The minimum atomic E-state index is -1.33.